The zero-order valence-corrected chi connectivity index (χ0v) is 21.1. The first-order valence-electron chi connectivity index (χ1n) is 13.1. The Kier molecular flexibility index (Phi) is 12.2. The van der Waals surface area contributed by atoms with Crippen molar-refractivity contribution in [2.24, 2.45) is 5.18 Å². The molecular formula is C31H37NO4. The molecule has 0 N–H and O–H groups in total. The van der Waals surface area contributed by atoms with Gasteiger partial charge in [-0.25, -0.2) is 0 Å². The second-order valence-electron chi connectivity index (χ2n) is 9.04. The fourth-order valence-electron chi connectivity index (χ4n) is 4.06. The van der Waals surface area contributed by atoms with Gasteiger partial charge in [0.05, 0.1) is 13.2 Å². The minimum absolute atomic E-state index is 0.0354. The summed E-state index contributed by atoms with van der Waals surface area (Å²) in [6, 6.07) is 23.7. The van der Waals surface area contributed by atoms with E-state index < -0.39 is 0 Å². The van der Waals surface area contributed by atoms with Crippen LogP contribution in [0.2, 0.25) is 0 Å². The van der Waals surface area contributed by atoms with Crippen molar-refractivity contribution in [2.45, 2.75) is 64.2 Å². The van der Waals surface area contributed by atoms with Gasteiger partial charge in [-0.15, -0.1) is 4.91 Å². The van der Waals surface area contributed by atoms with Gasteiger partial charge in [-0.2, -0.15) is 0 Å². The van der Waals surface area contributed by atoms with Crippen LogP contribution in [0.1, 0.15) is 80.1 Å². The highest BCUT2D eigenvalue weighted by atomic mass is 16.5. The van der Waals surface area contributed by atoms with Crippen LogP contribution in [0.25, 0.3) is 0 Å². The number of nitroso groups, excluding NO2 is 1. The highest BCUT2D eigenvalue weighted by molar-refractivity contribution is 6.08. The molecule has 5 nitrogen and oxygen atoms in total. The molecule has 0 unspecified atom stereocenters. The third-order valence-corrected chi connectivity index (χ3v) is 6.17. The van der Waals surface area contributed by atoms with Gasteiger partial charge in [-0.1, -0.05) is 81.7 Å². The van der Waals surface area contributed by atoms with Crippen LogP contribution in [-0.4, -0.2) is 19.0 Å². The molecule has 0 saturated carbocycles. The number of rotatable bonds is 18. The molecule has 0 saturated heterocycles. The maximum Gasteiger partial charge on any atom is 0.193 e. The van der Waals surface area contributed by atoms with Gasteiger partial charge in [-0.3, -0.25) is 4.79 Å². The van der Waals surface area contributed by atoms with Crippen molar-refractivity contribution < 1.29 is 14.3 Å². The van der Waals surface area contributed by atoms with Crippen LogP contribution in [-0.2, 0) is 0 Å². The van der Waals surface area contributed by atoms with E-state index in [9.17, 15) is 9.70 Å². The molecule has 0 bridgehead atoms. The van der Waals surface area contributed by atoms with Crippen LogP contribution in [0.4, 0.5) is 5.69 Å². The molecule has 5 heteroatoms. The van der Waals surface area contributed by atoms with E-state index >= 15 is 0 Å². The Hall–Kier alpha value is -3.47. The lowest BCUT2D eigenvalue weighted by Gasteiger charge is -2.07. The summed E-state index contributed by atoms with van der Waals surface area (Å²) in [7, 11) is 0. The summed E-state index contributed by atoms with van der Waals surface area (Å²) >= 11 is 0. The van der Waals surface area contributed by atoms with Gasteiger partial charge < -0.3 is 9.47 Å². The Balaban J connectivity index is 1.12. The summed E-state index contributed by atoms with van der Waals surface area (Å²) in [5.74, 6) is 1.65. The number of unbranched alkanes of at least 4 members (excludes halogenated alkanes) is 9. The number of hydrogen-bond donors (Lipinski definition) is 0. The van der Waals surface area contributed by atoms with Gasteiger partial charge in [0.1, 0.15) is 17.2 Å². The average Bonchev–Trinajstić information content (AvgIpc) is 2.94. The Bertz CT molecular complexity index is 1020. The molecule has 3 aromatic carbocycles. The lowest BCUT2D eigenvalue weighted by Crippen LogP contribution is -2.01. The zero-order chi connectivity index (χ0) is 25.3. The Labute approximate surface area is 214 Å². The Morgan fingerprint density at radius 2 is 0.944 bits per heavy atom. The van der Waals surface area contributed by atoms with Crippen molar-refractivity contribution in [2.75, 3.05) is 13.2 Å². The molecule has 3 rings (SSSR count). The zero-order valence-electron chi connectivity index (χ0n) is 21.1. The summed E-state index contributed by atoms with van der Waals surface area (Å²) < 4.78 is 11.5. The van der Waals surface area contributed by atoms with Gasteiger partial charge >= 0.3 is 0 Å². The van der Waals surface area contributed by atoms with E-state index in [2.05, 4.69) is 5.18 Å². The number of benzene rings is 3. The number of ketones is 1. The summed E-state index contributed by atoms with van der Waals surface area (Å²) in [5.41, 5.74) is 1.81. The third kappa shape index (κ3) is 10.0. The van der Waals surface area contributed by atoms with E-state index in [0.29, 0.717) is 30.0 Å². The number of carbonyl (C=O) groups is 1. The summed E-state index contributed by atoms with van der Waals surface area (Å²) in [6.45, 7) is 1.43. The smallest absolute Gasteiger partial charge is 0.193 e. The molecule has 36 heavy (non-hydrogen) atoms. The number of carbonyl (C=O) groups excluding carboxylic acids is 1. The fraction of sp³-hybridized carbons (Fsp3) is 0.387. The molecular weight excluding hydrogens is 450 g/mol. The molecule has 0 aliphatic heterocycles. The summed E-state index contributed by atoms with van der Waals surface area (Å²) in [5, 5.41) is 2.89. The summed E-state index contributed by atoms with van der Waals surface area (Å²) in [6.07, 6.45) is 12.1. The van der Waals surface area contributed by atoms with Gasteiger partial charge in [-0.05, 0) is 66.5 Å². The van der Waals surface area contributed by atoms with Gasteiger partial charge in [0.15, 0.2) is 5.78 Å². The molecule has 0 heterocycles. The van der Waals surface area contributed by atoms with Crippen molar-refractivity contribution in [3.8, 4) is 11.5 Å². The molecule has 0 amide bonds. The lowest BCUT2D eigenvalue weighted by atomic mass is 10.0. The molecule has 0 atom stereocenters. The molecule has 0 fully saturated rings. The first-order valence-corrected chi connectivity index (χ1v) is 13.1. The largest absolute Gasteiger partial charge is 0.494 e. The second-order valence-corrected chi connectivity index (χ2v) is 9.04. The molecule has 0 aliphatic rings. The van der Waals surface area contributed by atoms with Crippen molar-refractivity contribution in [1.82, 2.24) is 0 Å². The SMILES string of the molecule is O=Nc1ccc(OCCCCCCCCCCCCOc2ccc(C(=O)c3ccccc3)cc2)cc1. The minimum atomic E-state index is 0.0354. The van der Waals surface area contributed by atoms with Crippen molar-refractivity contribution in [3.05, 3.63) is 94.9 Å². The van der Waals surface area contributed by atoms with E-state index in [1.165, 1.54) is 51.4 Å². The molecule has 0 spiro atoms. The molecule has 0 aliphatic carbocycles. The van der Waals surface area contributed by atoms with Gasteiger partial charge in [0, 0.05) is 11.1 Å². The van der Waals surface area contributed by atoms with Gasteiger partial charge in [0.2, 0.25) is 0 Å². The first-order chi connectivity index (χ1) is 17.8. The van der Waals surface area contributed by atoms with Crippen LogP contribution >= 0.6 is 0 Å². The predicted octanol–water partition coefficient (Wildman–Crippen LogP) is 8.67. The average molecular weight is 488 g/mol. The van der Waals surface area contributed by atoms with E-state index in [1.54, 1.807) is 24.3 Å². The normalized spacial score (nSPS) is 10.7. The molecule has 190 valence electrons. The number of hydrogen-bond acceptors (Lipinski definition) is 5. The Morgan fingerprint density at radius 1 is 0.528 bits per heavy atom. The monoisotopic (exact) mass is 487 g/mol. The Morgan fingerprint density at radius 3 is 1.42 bits per heavy atom. The van der Waals surface area contributed by atoms with Crippen LogP contribution in [0.3, 0.4) is 0 Å². The molecule has 3 aromatic rings. The highest BCUT2D eigenvalue weighted by Crippen LogP contribution is 2.19. The molecule has 0 radical (unpaired) electrons. The van der Waals surface area contributed by atoms with Crippen LogP contribution in [0.5, 0.6) is 11.5 Å². The van der Waals surface area contributed by atoms with Crippen LogP contribution in [0, 0.1) is 4.91 Å². The highest BCUT2D eigenvalue weighted by Gasteiger charge is 2.08. The van der Waals surface area contributed by atoms with Crippen LogP contribution in [0.15, 0.2) is 84.0 Å². The topological polar surface area (TPSA) is 65.0 Å². The number of ether oxygens (including phenoxy) is 2. The van der Waals surface area contributed by atoms with E-state index in [4.69, 9.17) is 9.47 Å². The van der Waals surface area contributed by atoms with E-state index in [0.717, 1.165) is 24.3 Å². The van der Waals surface area contributed by atoms with Crippen molar-refractivity contribution in [3.63, 3.8) is 0 Å². The summed E-state index contributed by atoms with van der Waals surface area (Å²) in [4.78, 5) is 22.9. The first kappa shape index (κ1) is 27.1. The maximum atomic E-state index is 12.5. The van der Waals surface area contributed by atoms with Crippen LogP contribution < -0.4 is 9.47 Å². The molecule has 0 aromatic heterocycles. The predicted molar refractivity (Wildman–Crippen MR) is 145 cm³/mol. The van der Waals surface area contributed by atoms with E-state index in [1.807, 2.05) is 54.6 Å². The maximum absolute atomic E-state index is 12.5. The second kappa shape index (κ2) is 16.2. The third-order valence-electron chi connectivity index (χ3n) is 6.17. The quantitative estimate of drug-likeness (QED) is 0.102. The van der Waals surface area contributed by atoms with Crippen molar-refractivity contribution in [1.29, 1.82) is 0 Å². The van der Waals surface area contributed by atoms with Gasteiger partial charge in [0.25, 0.3) is 0 Å². The van der Waals surface area contributed by atoms with E-state index in [-0.39, 0.29) is 5.78 Å². The number of nitrogens with zero attached hydrogens (tertiary/aromatic N) is 1. The lowest BCUT2D eigenvalue weighted by molar-refractivity contribution is 0.103. The van der Waals surface area contributed by atoms with Crippen molar-refractivity contribution >= 4 is 11.5 Å². The standard InChI is InChI=1S/C31H37NO4/c33-31(26-14-10-9-11-15-26)27-16-20-29(21-17-27)35-24-12-7-5-3-1-2-4-6-8-13-25-36-30-22-18-28(32-34)19-23-30/h9-11,14-23H,1-8,12-13,24-25H2. The fourth-order valence-corrected chi connectivity index (χ4v) is 4.06. The minimum Gasteiger partial charge on any atom is -0.494 e.